The largest absolute Gasteiger partial charge is 0.492 e. The van der Waals surface area contributed by atoms with E-state index in [9.17, 15) is 5.11 Å². The van der Waals surface area contributed by atoms with Crippen molar-refractivity contribution in [3.8, 4) is 5.75 Å². The van der Waals surface area contributed by atoms with Crippen LogP contribution >= 0.6 is 0 Å². The average molecular weight is 272 g/mol. The van der Waals surface area contributed by atoms with Crippen LogP contribution in [0.2, 0.25) is 0 Å². The molecule has 0 aliphatic rings. The lowest BCUT2D eigenvalue weighted by Gasteiger charge is -2.20. The van der Waals surface area contributed by atoms with Gasteiger partial charge < -0.3 is 20.9 Å². The maximum atomic E-state index is 9.57. The summed E-state index contributed by atoms with van der Waals surface area (Å²) in [4.78, 5) is 0. The molecule has 0 aromatic heterocycles. The number of para-hydroxylation sites is 1. The molecular weight excluding hydrogens is 252 g/mol. The maximum absolute atomic E-state index is 9.57. The minimum Gasteiger partial charge on any atom is -0.492 e. The Morgan fingerprint density at radius 3 is 2.55 bits per heavy atom. The lowest BCUT2D eigenvalue weighted by atomic mass is 10.1. The van der Waals surface area contributed by atoms with Crippen molar-refractivity contribution >= 4 is 11.4 Å². The van der Waals surface area contributed by atoms with Gasteiger partial charge in [0.2, 0.25) is 0 Å². The molecular formula is C16H20N2O2. The highest BCUT2D eigenvalue weighted by Crippen LogP contribution is 2.31. The van der Waals surface area contributed by atoms with Crippen molar-refractivity contribution < 1.29 is 9.84 Å². The first-order chi connectivity index (χ1) is 9.76. The van der Waals surface area contributed by atoms with Gasteiger partial charge in [0, 0.05) is 0 Å². The minimum atomic E-state index is -0.199. The summed E-state index contributed by atoms with van der Waals surface area (Å²) in [6, 6.07) is 15.2. The van der Waals surface area contributed by atoms with Gasteiger partial charge in [0.1, 0.15) is 5.75 Å². The van der Waals surface area contributed by atoms with E-state index < -0.39 is 0 Å². The number of aliphatic hydroxyl groups excluding tert-OH is 1. The van der Waals surface area contributed by atoms with Crippen molar-refractivity contribution in [3.05, 3.63) is 54.1 Å². The summed E-state index contributed by atoms with van der Waals surface area (Å²) >= 11 is 0. The highest BCUT2D eigenvalue weighted by atomic mass is 16.5. The molecule has 0 amide bonds. The van der Waals surface area contributed by atoms with Crippen LogP contribution in [0.1, 0.15) is 18.5 Å². The van der Waals surface area contributed by atoms with Crippen LogP contribution in [0.3, 0.4) is 0 Å². The normalized spacial score (nSPS) is 11.9. The molecule has 0 saturated heterocycles. The second kappa shape index (κ2) is 6.82. The van der Waals surface area contributed by atoms with Crippen molar-refractivity contribution in [2.24, 2.45) is 0 Å². The molecule has 0 aliphatic carbocycles. The first-order valence-corrected chi connectivity index (χ1v) is 6.70. The number of hydrogen-bond donors (Lipinski definition) is 3. The van der Waals surface area contributed by atoms with E-state index in [1.807, 2.05) is 55.5 Å². The Labute approximate surface area is 119 Å². The summed E-state index contributed by atoms with van der Waals surface area (Å²) in [6.45, 7) is 2.47. The molecule has 2 aromatic rings. The quantitative estimate of drug-likeness (QED) is 0.707. The van der Waals surface area contributed by atoms with E-state index in [-0.39, 0.29) is 12.6 Å². The van der Waals surface area contributed by atoms with Gasteiger partial charge in [0.15, 0.2) is 0 Å². The third kappa shape index (κ3) is 3.22. The Morgan fingerprint density at radius 2 is 1.90 bits per heavy atom. The molecule has 0 saturated carbocycles. The Kier molecular flexibility index (Phi) is 4.85. The number of anilines is 2. The van der Waals surface area contributed by atoms with Crippen LogP contribution in [0.25, 0.3) is 0 Å². The van der Waals surface area contributed by atoms with Gasteiger partial charge in [-0.05, 0) is 24.6 Å². The predicted octanol–water partition coefficient (Wildman–Crippen LogP) is 2.81. The lowest BCUT2D eigenvalue weighted by Crippen LogP contribution is -2.16. The molecule has 1 atom stereocenters. The zero-order valence-electron chi connectivity index (χ0n) is 11.5. The van der Waals surface area contributed by atoms with Crippen LogP contribution in [0, 0.1) is 0 Å². The molecule has 0 bridgehead atoms. The van der Waals surface area contributed by atoms with Gasteiger partial charge in [-0.2, -0.15) is 0 Å². The van der Waals surface area contributed by atoms with Gasteiger partial charge in [-0.3, -0.25) is 0 Å². The molecule has 0 fully saturated rings. The second-order valence-corrected chi connectivity index (χ2v) is 4.44. The monoisotopic (exact) mass is 272 g/mol. The molecule has 0 spiro atoms. The number of nitrogen functional groups attached to an aromatic ring is 1. The third-order valence-electron chi connectivity index (χ3n) is 3.08. The van der Waals surface area contributed by atoms with Crippen molar-refractivity contribution in [2.75, 3.05) is 24.3 Å². The number of benzene rings is 2. The van der Waals surface area contributed by atoms with Gasteiger partial charge in [-0.25, -0.2) is 0 Å². The number of aliphatic hydroxyl groups is 1. The first kappa shape index (κ1) is 14.2. The standard InChI is InChI=1S/C16H20N2O2/c1-2-20-15-10-6-9-13(16(15)17)18-14(11-19)12-7-4-3-5-8-12/h3-10,14,18-19H,2,11,17H2,1H3. The Balaban J connectivity index is 2.22. The van der Waals surface area contributed by atoms with E-state index in [0.717, 1.165) is 11.3 Å². The number of nitrogens with one attached hydrogen (secondary N) is 1. The molecule has 2 aromatic carbocycles. The first-order valence-electron chi connectivity index (χ1n) is 6.70. The molecule has 0 heterocycles. The van der Waals surface area contributed by atoms with Gasteiger partial charge in [0.05, 0.1) is 30.6 Å². The van der Waals surface area contributed by atoms with Crippen molar-refractivity contribution in [1.29, 1.82) is 0 Å². The highest BCUT2D eigenvalue weighted by molar-refractivity contribution is 5.73. The van der Waals surface area contributed by atoms with E-state index in [2.05, 4.69) is 5.32 Å². The Hall–Kier alpha value is -2.20. The fourth-order valence-electron chi connectivity index (χ4n) is 2.06. The summed E-state index contributed by atoms with van der Waals surface area (Å²) in [5.74, 6) is 0.655. The van der Waals surface area contributed by atoms with Gasteiger partial charge in [0.25, 0.3) is 0 Å². The summed E-state index contributed by atoms with van der Waals surface area (Å²) in [6.07, 6.45) is 0. The molecule has 0 aliphatic heterocycles. The molecule has 1 unspecified atom stereocenters. The van der Waals surface area contributed by atoms with Crippen LogP contribution in [0.15, 0.2) is 48.5 Å². The highest BCUT2D eigenvalue weighted by Gasteiger charge is 2.13. The van der Waals surface area contributed by atoms with E-state index in [0.29, 0.717) is 18.0 Å². The topological polar surface area (TPSA) is 67.5 Å². The number of hydrogen-bond acceptors (Lipinski definition) is 4. The summed E-state index contributed by atoms with van der Waals surface area (Å²) in [7, 11) is 0. The van der Waals surface area contributed by atoms with Crippen molar-refractivity contribution in [3.63, 3.8) is 0 Å². The summed E-state index contributed by atoms with van der Waals surface area (Å²) < 4.78 is 5.47. The summed E-state index contributed by atoms with van der Waals surface area (Å²) in [5, 5.41) is 12.8. The fourth-order valence-corrected chi connectivity index (χ4v) is 2.06. The van der Waals surface area contributed by atoms with Crippen molar-refractivity contribution in [1.82, 2.24) is 0 Å². The fraction of sp³-hybridized carbons (Fsp3) is 0.250. The molecule has 20 heavy (non-hydrogen) atoms. The third-order valence-corrected chi connectivity index (χ3v) is 3.08. The van der Waals surface area contributed by atoms with E-state index >= 15 is 0 Å². The molecule has 4 N–H and O–H groups in total. The Bertz CT molecular complexity index is 543. The predicted molar refractivity (Wildman–Crippen MR) is 81.9 cm³/mol. The molecule has 106 valence electrons. The zero-order chi connectivity index (χ0) is 14.4. The maximum Gasteiger partial charge on any atom is 0.144 e. The minimum absolute atomic E-state index is 0.0116. The molecule has 4 nitrogen and oxygen atoms in total. The average Bonchev–Trinajstić information content (AvgIpc) is 2.49. The number of ether oxygens (including phenoxy) is 1. The molecule has 0 radical (unpaired) electrons. The SMILES string of the molecule is CCOc1cccc(NC(CO)c2ccccc2)c1N. The van der Waals surface area contributed by atoms with E-state index in [1.165, 1.54) is 0 Å². The van der Waals surface area contributed by atoms with Crippen LogP contribution in [-0.4, -0.2) is 18.3 Å². The smallest absolute Gasteiger partial charge is 0.144 e. The van der Waals surface area contributed by atoms with Crippen LogP contribution in [-0.2, 0) is 0 Å². The molecule has 2 rings (SSSR count). The van der Waals surface area contributed by atoms with Crippen LogP contribution in [0.5, 0.6) is 5.75 Å². The lowest BCUT2D eigenvalue weighted by molar-refractivity contribution is 0.276. The zero-order valence-corrected chi connectivity index (χ0v) is 11.5. The van der Waals surface area contributed by atoms with Crippen LogP contribution < -0.4 is 15.8 Å². The van der Waals surface area contributed by atoms with E-state index in [4.69, 9.17) is 10.5 Å². The van der Waals surface area contributed by atoms with Crippen LogP contribution in [0.4, 0.5) is 11.4 Å². The summed E-state index contributed by atoms with van der Waals surface area (Å²) in [5.41, 5.74) is 8.41. The van der Waals surface area contributed by atoms with Crippen molar-refractivity contribution in [2.45, 2.75) is 13.0 Å². The number of rotatable bonds is 6. The molecule has 4 heteroatoms. The van der Waals surface area contributed by atoms with Gasteiger partial charge >= 0.3 is 0 Å². The Morgan fingerprint density at radius 1 is 1.15 bits per heavy atom. The van der Waals surface area contributed by atoms with Gasteiger partial charge in [-0.1, -0.05) is 36.4 Å². The van der Waals surface area contributed by atoms with Gasteiger partial charge in [-0.15, -0.1) is 0 Å². The number of nitrogens with two attached hydrogens (primary N) is 1. The van der Waals surface area contributed by atoms with E-state index in [1.54, 1.807) is 0 Å². The second-order valence-electron chi connectivity index (χ2n) is 4.44.